The lowest BCUT2D eigenvalue weighted by Gasteiger charge is -2.33. The van der Waals surface area contributed by atoms with Crippen LogP contribution in [-0.2, 0) is 11.3 Å². The maximum Gasteiger partial charge on any atom is 0.406 e. The zero-order valence-corrected chi connectivity index (χ0v) is 25.2. The number of alkyl halides is 3. The first-order valence-corrected chi connectivity index (χ1v) is 16.9. The van der Waals surface area contributed by atoms with E-state index in [0.717, 1.165) is 68.6 Å². The number of amides is 1. The first-order valence-electron chi connectivity index (χ1n) is 14.6. The summed E-state index contributed by atoms with van der Waals surface area (Å²) in [5, 5.41) is 8.86. The van der Waals surface area contributed by atoms with Crippen LogP contribution >= 0.6 is 7.92 Å². The molecule has 0 aliphatic carbocycles. The Bertz CT molecular complexity index is 1430. The van der Waals surface area contributed by atoms with Gasteiger partial charge in [-0.3, -0.25) is 9.69 Å². The third-order valence-electron chi connectivity index (χ3n) is 8.03. The fraction of sp³-hybridized carbons (Fsp3) is 0.469. The molecule has 2 aliphatic rings. The number of anilines is 2. The van der Waals surface area contributed by atoms with E-state index < -0.39 is 12.7 Å². The van der Waals surface area contributed by atoms with Crippen LogP contribution in [0.1, 0.15) is 31.4 Å². The number of piperidine rings is 1. The van der Waals surface area contributed by atoms with Crippen molar-refractivity contribution in [3.63, 3.8) is 0 Å². The van der Waals surface area contributed by atoms with Crippen LogP contribution in [0, 0.1) is 11.8 Å². The van der Waals surface area contributed by atoms with Crippen molar-refractivity contribution in [2.75, 3.05) is 63.2 Å². The zero-order chi connectivity index (χ0) is 29.7. The molecule has 42 heavy (non-hydrogen) atoms. The van der Waals surface area contributed by atoms with Gasteiger partial charge in [-0.15, -0.1) is 0 Å². The number of hydrogen-bond donors (Lipinski definition) is 2. The molecule has 5 rings (SSSR count). The molecule has 2 N–H and O–H groups in total. The van der Waals surface area contributed by atoms with Crippen molar-refractivity contribution >= 4 is 41.4 Å². The standard InChI is InChI=1S/C32H39F3N5OP/c1-42(2)27-12-10-24(11-13-27)36-16-6-7-26-21-28-29(8-5-9-30(28)40(26)23-32(33,34)35)37-25-14-19-38(20-15-25)22-31(41)39-17-3-4-18-39/h5,8-13,21,25,36-37H,3-4,14-20,22-23H2,1-2H3. The van der Waals surface area contributed by atoms with Gasteiger partial charge in [-0.05, 0) is 80.6 Å². The summed E-state index contributed by atoms with van der Waals surface area (Å²) in [6.45, 7) is 7.45. The van der Waals surface area contributed by atoms with Crippen LogP contribution in [-0.4, -0.2) is 85.1 Å². The van der Waals surface area contributed by atoms with E-state index in [1.807, 2.05) is 23.1 Å². The molecule has 1 amide bonds. The molecular formula is C32H39F3N5OP. The Hall–Kier alpha value is -3.21. The lowest BCUT2D eigenvalue weighted by molar-refractivity contribution is -0.140. The molecule has 224 valence electrons. The maximum atomic E-state index is 13.6. The number of hydrogen-bond acceptors (Lipinski definition) is 4. The summed E-state index contributed by atoms with van der Waals surface area (Å²) < 4.78 is 42.1. The Morgan fingerprint density at radius 2 is 1.74 bits per heavy atom. The highest BCUT2D eigenvalue weighted by atomic mass is 31.1. The molecule has 0 spiro atoms. The van der Waals surface area contributed by atoms with Crippen molar-refractivity contribution < 1.29 is 18.0 Å². The molecule has 2 aromatic carbocycles. The zero-order valence-electron chi connectivity index (χ0n) is 24.3. The van der Waals surface area contributed by atoms with Gasteiger partial charge >= 0.3 is 6.18 Å². The fourth-order valence-corrected chi connectivity index (χ4v) is 6.48. The number of nitrogens with one attached hydrogen (secondary N) is 2. The number of likely N-dealkylation sites (tertiary alicyclic amines) is 2. The van der Waals surface area contributed by atoms with Crippen LogP contribution in [0.15, 0.2) is 48.5 Å². The Labute approximate surface area is 247 Å². The molecule has 10 heteroatoms. The van der Waals surface area contributed by atoms with E-state index in [1.165, 1.54) is 9.87 Å². The first kappa shape index (κ1) is 30.3. The van der Waals surface area contributed by atoms with Gasteiger partial charge in [0.25, 0.3) is 0 Å². The molecule has 3 heterocycles. The number of nitrogens with zero attached hydrogens (tertiary/aromatic N) is 3. The van der Waals surface area contributed by atoms with Crippen LogP contribution in [0.25, 0.3) is 10.9 Å². The smallest absolute Gasteiger partial charge is 0.382 e. The monoisotopic (exact) mass is 597 g/mol. The lowest BCUT2D eigenvalue weighted by Crippen LogP contribution is -2.44. The number of carbonyl (C=O) groups excluding carboxylic acids is 1. The van der Waals surface area contributed by atoms with Crippen molar-refractivity contribution in [1.82, 2.24) is 14.4 Å². The molecule has 0 atom stereocenters. The van der Waals surface area contributed by atoms with Crippen LogP contribution in [0.4, 0.5) is 24.5 Å². The summed E-state index contributed by atoms with van der Waals surface area (Å²) in [7, 11) is -0.167. The van der Waals surface area contributed by atoms with E-state index in [0.29, 0.717) is 24.3 Å². The van der Waals surface area contributed by atoms with Gasteiger partial charge in [-0.25, -0.2) is 0 Å². The highest BCUT2D eigenvalue weighted by Crippen LogP contribution is 2.31. The SMILES string of the molecule is CP(C)c1ccc(NCC#Cc2cc3c(NC4CCN(CC(=O)N5CCCC5)CC4)cccc3n2CC(F)(F)F)cc1. The van der Waals surface area contributed by atoms with E-state index in [2.05, 4.69) is 52.8 Å². The van der Waals surface area contributed by atoms with Gasteiger partial charge in [-0.2, -0.15) is 13.2 Å². The van der Waals surface area contributed by atoms with Crippen molar-refractivity contribution in [2.24, 2.45) is 0 Å². The third-order valence-corrected chi connectivity index (χ3v) is 9.36. The molecule has 2 aliphatic heterocycles. The molecule has 1 aromatic heterocycles. The summed E-state index contributed by atoms with van der Waals surface area (Å²) in [5.74, 6) is 6.21. The quantitative estimate of drug-likeness (QED) is 0.265. The molecule has 0 saturated carbocycles. The number of halogens is 3. The van der Waals surface area contributed by atoms with Crippen molar-refractivity contribution in [1.29, 1.82) is 0 Å². The van der Waals surface area contributed by atoms with E-state index in [1.54, 1.807) is 18.2 Å². The van der Waals surface area contributed by atoms with Crippen LogP contribution in [0.5, 0.6) is 0 Å². The summed E-state index contributed by atoms with van der Waals surface area (Å²) in [6, 6.07) is 15.6. The average molecular weight is 598 g/mol. The van der Waals surface area contributed by atoms with Crippen molar-refractivity contribution in [3.05, 3.63) is 54.2 Å². The molecule has 0 unspecified atom stereocenters. The second kappa shape index (κ2) is 13.4. The van der Waals surface area contributed by atoms with Crippen molar-refractivity contribution in [3.8, 4) is 11.8 Å². The summed E-state index contributed by atoms with van der Waals surface area (Å²) in [4.78, 5) is 16.7. The summed E-state index contributed by atoms with van der Waals surface area (Å²) in [6.07, 6.45) is -0.463. The van der Waals surface area contributed by atoms with Gasteiger partial charge in [0.1, 0.15) is 6.54 Å². The summed E-state index contributed by atoms with van der Waals surface area (Å²) >= 11 is 0. The minimum atomic E-state index is -4.37. The van der Waals surface area contributed by atoms with Gasteiger partial charge in [0.15, 0.2) is 0 Å². The minimum Gasteiger partial charge on any atom is -0.382 e. The Morgan fingerprint density at radius 3 is 2.40 bits per heavy atom. The molecule has 6 nitrogen and oxygen atoms in total. The topological polar surface area (TPSA) is 52.5 Å². The Kier molecular flexibility index (Phi) is 9.65. The van der Waals surface area contributed by atoms with E-state index in [4.69, 9.17) is 0 Å². The fourth-order valence-electron chi connectivity index (χ4n) is 5.74. The number of aromatic nitrogens is 1. The largest absolute Gasteiger partial charge is 0.406 e. The molecular weight excluding hydrogens is 558 g/mol. The van der Waals surface area contributed by atoms with Crippen LogP contribution in [0.2, 0.25) is 0 Å². The van der Waals surface area contributed by atoms with E-state index >= 15 is 0 Å². The second-order valence-electron chi connectivity index (χ2n) is 11.3. The van der Waals surface area contributed by atoms with Gasteiger partial charge in [0.05, 0.1) is 24.3 Å². The lowest BCUT2D eigenvalue weighted by atomic mass is 10.0. The highest BCUT2D eigenvalue weighted by molar-refractivity contribution is 7.64. The predicted octanol–water partition coefficient (Wildman–Crippen LogP) is 5.53. The van der Waals surface area contributed by atoms with Crippen LogP contribution < -0.4 is 15.9 Å². The maximum absolute atomic E-state index is 13.6. The van der Waals surface area contributed by atoms with Gasteiger partial charge in [0, 0.05) is 49.0 Å². The minimum absolute atomic E-state index is 0.167. The van der Waals surface area contributed by atoms with Gasteiger partial charge in [0.2, 0.25) is 5.91 Å². The van der Waals surface area contributed by atoms with Gasteiger partial charge < -0.3 is 20.1 Å². The molecule has 2 saturated heterocycles. The van der Waals surface area contributed by atoms with Crippen LogP contribution in [0.3, 0.4) is 0 Å². The normalized spacial score (nSPS) is 16.6. The highest BCUT2D eigenvalue weighted by Gasteiger charge is 2.30. The average Bonchev–Trinajstić information content (AvgIpc) is 3.61. The van der Waals surface area contributed by atoms with E-state index in [-0.39, 0.29) is 19.9 Å². The predicted molar refractivity (Wildman–Crippen MR) is 167 cm³/mol. The molecule has 3 aromatic rings. The van der Waals surface area contributed by atoms with Gasteiger partial charge in [-0.1, -0.05) is 32.0 Å². The Morgan fingerprint density at radius 1 is 1.02 bits per heavy atom. The number of rotatable bonds is 8. The first-order chi connectivity index (χ1) is 20.2. The third kappa shape index (κ3) is 7.79. The van der Waals surface area contributed by atoms with Crippen molar-refractivity contribution in [2.45, 2.75) is 44.4 Å². The number of carbonyl (C=O) groups is 1. The molecule has 0 radical (unpaired) electrons. The molecule has 2 fully saturated rings. The number of fused-ring (bicyclic) bond motifs is 1. The van der Waals surface area contributed by atoms with E-state index in [9.17, 15) is 18.0 Å². The summed E-state index contributed by atoms with van der Waals surface area (Å²) in [5.41, 5.74) is 2.59. The second-order valence-corrected chi connectivity index (χ2v) is 13.7. The molecule has 0 bridgehead atoms. The number of benzene rings is 2. The Balaban J connectivity index is 1.26.